The molecule has 0 N–H and O–H groups in total. The average Bonchev–Trinajstić information content (AvgIpc) is 2.50. The van der Waals surface area contributed by atoms with Crippen LogP contribution in [-0.4, -0.2) is 7.11 Å². The highest BCUT2D eigenvalue weighted by Crippen LogP contribution is 2.31. The standard InChI is InChI=1S/C18H16O3/c1-11-9-16-17(18(20-3)12(11)2)14(19)10-15(21-16)13-7-5-4-6-8-13/h4-10H,1-3H3. The van der Waals surface area contributed by atoms with Crippen LogP contribution in [0.15, 0.2) is 51.7 Å². The van der Waals surface area contributed by atoms with Crippen molar-refractivity contribution in [3.63, 3.8) is 0 Å². The first-order chi connectivity index (χ1) is 10.1. The van der Waals surface area contributed by atoms with Crippen LogP contribution in [0, 0.1) is 13.8 Å². The van der Waals surface area contributed by atoms with Crippen molar-refractivity contribution in [2.45, 2.75) is 13.8 Å². The topological polar surface area (TPSA) is 39.4 Å². The van der Waals surface area contributed by atoms with Gasteiger partial charge in [0.1, 0.15) is 22.5 Å². The van der Waals surface area contributed by atoms with E-state index < -0.39 is 0 Å². The zero-order valence-electron chi connectivity index (χ0n) is 12.3. The summed E-state index contributed by atoms with van der Waals surface area (Å²) in [7, 11) is 1.58. The van der Waals surface area contributed by atoms with Crippen molar-refractivity contribution in [3.05, 3.63) is 63.8 Å². The van der Waals surface area contributed by atoms with Gasteiger partial charge in [-0.1, -0.05) is 30.3 Å². The van der Waals surface area contributed by atoms with E-state index >= 15 is 0 Å². The van der Waals surface area contributed by atoms with E-state index in [0.717, 1.165) is 16.7 Å². The van der Waals surface area contributed by atoms with Crippen LogP contribution >= 0.6 is 0 Å². The molecule has 106 valence electrons. The van der Waals surface area contributed by atoms with Gasteiger partial charge in [0.05, 0.1) is 7.11 Å². The zero-order valence-corrected chi connectivity index (χ0v) is 12.3. The lowest BCUT2D eigenvalue weighted by Gasteiger charge is -2.11. The van der Waals surface area contributed by atoms with Crippen LogP contribution in [0.25, 0.3) is 22.3 Å². The van der Waals surface area contributed by atoms with Gasteiger partial charge in [-0.15, -0.1) is 0 Å². The summed E-state index contributed by atoms with van der Waals surface area (Å²) in [5.41, 5.74) is 3.35. The number of hydrogen-bond donors (Lipinski definition) is 0. The smallest absolute Gasteiger partial charge is 0.197 e. The van der Waals surface area contributed by atoms with E-state index in [2.05, 4.69) is 0 Å². The first-order valence-corrected chi connectivity index (χ1v) is 6.79. The maximum Gasteiger partial charge on any atom is 0.197 e. The maximum absolute atomic E-state index is 12.5. The lowest BCUT2D eigenvalue weighted by Crippen LogP contribution is -2.04. The van der Waals surface area contributed by atoms with E-state index in [-0.39, 0.29) is 5.43 Å². The van der Waals surface area contributed by atoms with Crippen LogP contribution in [0.1, 0.15) is 11.1 Å². The molecule has 3 nitrogen and oxygen atoms in total. The molecule has 0 saturated heterocycles. The molecule has 0 spiro atoms. The number of aryl methyl sites for hydroxylation is 1. The Labute approximate surface area is 122 Å². The molecule has 0 radical (unpaired) electrons. The van der Waals surface area contributed by atoms with E-state index in [1.54, 1.807) is 7.11 Å². The van der Waals surface area contributed by atoms with E-state index in [9.17, 15) is 4.79 Å². The highest BCUT2D eigenvalue weighted by atomic mass is 16.5. The number of ether oxygens (including phenoxy) is 1. The Morgan fingerprint density at radius 2 is 1.76 bits per heavy atom. The fraction of sp³-hybridized carbons (Fsp3) is 0.167. The molecular weight excluding hydrogens is 264 g/mol. The molecule has 3 aromatic rings. The van der Waals surface area contributed by atoms with Crippen LogP contribution in [0.4, 0.5) is 0 Å². The largest absolute Gasteiger partial charge is 0.496 e. The Morgan fingerprint density at radius 1 is 1.05 bits per heavy atom. The third kappa shape index (κ3) is 2.21. The van der Waals surface area contributed by atoms with Crippen molar-refractivity contribution in [2.24, 2.45) is 0 Å². The molecule has 0 fully saturated rings. The summed E-state index contributed by atoms with van der Waals surface area (Å²) in [6.45, 7) is 3.92. The molecule has 0 aliphatic rings. The molecule has 0 aliphatic heterocycles. The van der Waals surface area contributed by atoms with Gasteiger partial charge in [-0.3, -0.25) is 4.79 Å². The van der Waals surface area contributed by atoms with Gasteiger partial charge in [0.15, 0.2) is 5.43 Å². The van der Waals surface area contributed by atoms with Gasteiger partial charge in [0.2, 0.25) is 0 Å². The Hall–Kier alpha value is -2.55. The third-order valence-electron chi connectivity index (χ3n) is 3.74. The van der Waals surface area contributed by atoms with Crippen LogP contribution < -0.4 is 10.2 Å². The molecule has 0 amide bonds. The van der Waals surface area contributed by atoms with Crippen molar-refractivity contribution in [1.29, 1.82) is 0 Å². The molecule has 3 rings (SSSR count). The van der Waals surface area contributed by atoms with Gasteiger partial charge < -0.3 is 9.15 Å². The van der Waals surface area contributed by atoms with Crippen molar-refractivity contribution < 1.29 is 9.15 Å². The number of methoxy groups -OCH3 is 1. The summed E-state index contributed by atoms with van der Waals surface area (Å²) >= 11 is 0. The predicted molar refractivity (Wildman–Crippen MR) is 83.9 cm³/mol. The Kier molecular flexibility index (Phi) is 3.26. The molecule has 21 heavy (non-hydrogen) atoms. The molecule has 3 heteroatoms. The summed E-state index contributed by atoms with van der Waals surface area (Å²) in [4.78, 5) is 12.5. The van der Waals surface area contributed by atoms with E-state index in [0.29, 0.717) is 22.5 Å². The second kappa shape index (κ2) is 5.09. The minimum absolute atomic E-state index is 0.0879. The van der Waals surface area contributed by atoms with Gasteiger partial charge in [-0.25, -0.2) is 0 Å². The second-order valence-electron chi connectivity index (χ2n) is 5.07. The summed E-state index contributed by atoms with van der Waals surface area (Å²) in [5.74, 6) is 1.16. The zero-order chi connectivity index (χ0) is 15.0. The highest BCUT2D eigenvalue weighted by molar-refractivity contribution is 5.87. The van der Waals surface area contributed by atoms with Crippen LogP contribution in [0.5, 0.6) is 5.75 Å². The van der Waals surface area contributed by atoms with E-state index in [1.807, 2.05) is 50.2 Å². The predicted octanol–water partition coefficient (Wildman–Crippen LogP) is 4.09. The van der Waals surface area contributed by atoms with Crippen molar-refractivity contribution in [3.8, 4) is 17.1 Å². The SMILES string of the molecule is COc1c(C)c(C)cc2oc(-c3ccccc3)cc(=O)c12. The summed E-state index contributed by atoms with van der Waals surface area (Å²) in [6, 6.07) is 13.0. The molecule has 0 saturated carbocycles. The molecule has 2 aromatic carbocycles. The Bertz CT molecular complexity index is 861. The van der Waals surface area contributed by atoms with E-state index in [4.69, 9.17) is 9.15 Å². The summed E-state index contributed by atoms with van der Waals surface area (Å²) in [5, 5.41) is 0.500. The quantitative estimate of drug-likeness (QED) is 0.710. The first kappa shape index (κ1) is 13.4. The molecule has 0 aliphatic carbocycles. The minimum Gasteiger partial charge on any atom is -0.496 e. The molecular formula is C18H16O3. The molecule has 0 bridgehead atoms. The van der Waals surface area contributed by atoms with Gasteiger partial charge in [0.25, 0.3) is 0 Å². The highest BCUT2D eigenvalue weighted by Gasteiger charge is 2.15. The molecule has 0 unspecified atom stereocenters. The van der Waals surface area contributed by atoms with Gasteiger partial charge in [-0.2, -0.15) is 0 Å². The van der Waals surface area contributed by atoms with Gasteiger partial charge >= 0.3 is 0 Å². The second-order valence-corrected chi connectivity index (χ2v) is 5.07. The van der Waals surface area contributed by atoms with Gasteiger partial charge in [0, 0.05) is 11.6 Å². The number of fused-ring (bicyclic) bond motifs is 1. The van der Waals surface area contributed by atoms with Gasteiger partial charge in [-0.05, 0) is 31.0 Å². The van der Waals surface area contributed by atoms with Crippen LogP contribution in [-0.2, 0) is 0 Å². The number of hydrogen-bond acceptors (Lipinski definition) is 3. The van der Waals surface area contributed by atoms with Crippen molar-refractivity contribution in [2.75, 3.05) is 7.11 Å². The first-order valence-electron chi connectivity index (χ1n) is 6.79. The van der Waals surface area contributed by atoms with Crippen molar-refractivity contribution in [1.82, 2.24) is 0 Å². The lowest BCUT2D eigenvalue weighted by molar-refractivity contribution is 0.415. The fourth-order valence-electron chi connectivity index (χ4n) is 2.51. The third-order valence-corrected chi connectivity index (χ3v) is 3.74. The fourth-order valence-corrected chi connectivity index (χ4v) is 2.51. The molecule has 1 heterocycles. The molecule has 0 atom stereocenters. The lowest BCUT2D eigenvalue weighted by atomic mass is 10.0. The van der Waals surface area contributed by atoms with Crippen LogP contribution in [0.2, 0.25) is 0 Å². The Balaban J connectivity index is 2.36. The molecule has 1 aromatic heterocycles. The van der Waals surface area contributed by atoms with Crippen LogP contribution in [0.3, 0.4) is 0 Å². The summed E-state index contributed by atoms with van der Waals surface area (Å²) < 4.78 is 11.3. The Morgan fingerprint density at radius 3 is 2.43 bits per heavy atom. The van der Waals surface area contributed by atoms with Crippen molar-refractivity contribution >= 4 is 11.0 Å². The minimum atomic E-state index is -0.0879. The summed E-state index contributed by atoms with van der Waals surface area (Å²) in [6.07, 6.45) is 0. The average molecular weight is 280 g/mol. The number of rotatable bonds is 2. The van der Waals surface area contributed by atoms with E-state index in [1.165, 1.54) is 6.07 Å². The normalized spacial score (nSPS) is 10.8. The maximum atomic E-state index is 12.5. The number of benzene rings is 2. The monoisotopic (exact) mass is 280 g/mol.